The van der Waals surface area contributed by atoms with Gasteiger partial charge in [0.25, 0.3) is 5.91 Å². The molecular weight excluding hydrogens is 390 g/mol. The van der Waals surface area contributed by atoms with Gasteiger partial charge in [0.05, 0.1) is 16.8 Å². The summed E-state index contributed by atoms with van der Waals surface area (Å²) in [7, 11) is -1.96. The zero-order chi connectivity index (χ0) is 19.9. The van der Waals surface area contributed by atoms with Crippen molar-refractivity contribution in [3.05, 3.63) is 64.7 Å². The number of ether oxygens (including phenoxy) is 1. The Labute approximate surface area is 164 Å². The lowest BCUT2D eigenvalue weighted by molar-refractivity contribution is 0.0724. The molecule has 0 radical (unpaired) electrons. The van der Waals surface area contributed by atoms with Gasteiger partial charge in [-0.1, -0.05) is 35.9 Å². The van der Waals surface area contributed by atoms with Crippen LogP contribution in [0.4, 0.5) is 0 Å². The normalized spacial score (nSPS) is 11.2. The summed E-state index contributed by atoms with van der Waals surface area (Å²) in [6.07, 6.45) is 1.67. The van der Waals surface area contributed by atoms with Gasteiger partial charge in [0.1, 0.15) is 5.75 Å². The lowest BCUT2D eigenvalue weighted by Crippen LogP contribution is -2.32. The van der Waals surface area contributed by atoms with Crippen molar-refractivity contribution in [2.75, 3.05) is 26.5 Å². The van der Waals surface area contributed by atoms with Crippen molar-refractivity contribution in [3.8, 4) is 5.75 Å². The molecule has 8 heteroatoms. The number of hydrogen-bond acceptors (Lipinski definition) is 5. The second-order valence-corrected chi connectivity index (χ2v) is 7.97. The van der Waals surface area contributed by atoms with E-state index in [0.29, 0.717) is 36.7 Å². The minimum absolute atomic E-state index is 0.173. The van der Waals surface area contributed by atoms with Gasteiger partial charge in [-0.3, -0.25) is 4.79 Å². The van der Waals surface area contributed by atoms with Crippen LogP contribution in [0, 0.1) is 0 Å². The van der Waals surface area contributed by atoms with Crippen LogP contribution in [0.15, 0.2) is 48.5 Å². The molecule has 1 amide bonds. The standard InChI is InChI=1S/C19H22ClNO5S/c1-25-13-5-12-21(19(22)17-6-3-4-7-18(17)20)14-15-8-10-16(11-9-15)26-27(2,23)24/h3-4,6-11H,5,12-14H2,1-2H3. The summed E-state index contributed by atoms with van der Waals surface area (Å²) in [4.78, 5) is 14.6. The summed E-state index contributed by atoms with van der Waals surface area (Å²) >= 11 is 6.16. The number of methoxy groups -OCH3 is 1. The topological polar surface area (TPSA) is 72.9 Å². The molecule has 27 heavy (non-hydrogen) atoms. The molecule has 0 aliphatic carbocycles. The SMILES string of the molecule is COCCCN(Cc1ccc(OS(C)(=O)=O)cc1)C(=O)c1ccccc1Cl. The minimum Gasteiger partial charge on any atom is -0.385 e. The van der Waals surface area contributed by atoms with Crippen LogP contribution in [0.1, 0.15) is 22.3 Å². The van der Waals surface area contributed by atoms with Crippen LogP contribution < -0.4 is 4.18 Å². The van der Waals surface area contributed by atoms with Crippen molar-refractivity contribution in [1.29, 1.82) is 0 Å². The Kier molecular flexibility index (Phi) is 7.65. The largest absolute Gasteiger partial charge is 0.385 e. The second kappa shape index (κ2) is 9.73. The van der Waals surface area contributed by atoms with Crippen LogP contribution in [0.3, 0.4) is 0 Å². The number of rotatable bonds is 9. The van der Waals surface area contributed by atoms with Crippen LogP contribution in [0.5, 0.6) is 5.75 Å². The van der Waals surface area contributed by atoms with Crippen LogP contribution in [-0.4, -0.2) is 45.7 Å². The van der Waals surface area contributed by atoms with E-state index in [9.17, 15) is 13.2 Å². The van der Waals surface area contributed by atoms with Crippen molar-refractivity contribution >= 4 is 27.6 Å². The Morgan fingerprint density at radius 1 is 1.11 bits per heavy atom. The molecule has 0 bridgehead atoms. The first-order valence-corrected chi connectivity index (χ1v) is 10.5. The van der Waals surface area contributed by atoms with E-state index in [-0.39, 0.29) is 11.7 Å². The van der Waals surface area contributed by atoms with Gasteiger partial charge in [-0.2, -0.15) is 8.42 Å². The smallest absolute Gasteiger partial charge is 0.306 e. The Morgan fingerprint density at radius 2 is 1.78 bits per heavy atom. The Morgan fingerprint density at radius 3 is 2.37 bits per heavy atom. The van der Waals surface area contributed by atoms with Gasteiger partial charge in [-0.05, 0) is 36.2 Å². The first kappa shape index (κ1) is 21.2. The number of hydrogen-bond donors (Lipinski definition) is 0. The van der Waals surface area contributed by atoms with Crippen molar-refractivity contribution in [3.63, 3.8) is 0 Å². The highest BCUT2D eigenvalue weighted by atomic mass is 35.5. The van der Waals surface area contributed by atoms with Crippen molar-refractivity contribution < 1.29 is 22.1 Å². The van der Waals surface area contributed by atoms with Gasteiger partial charge < -0.3 is 13.8 Å². The predicted octanol–water partition coefficient (Wildman–Crippen LogP) is 3.36. The van der Waals surface area contributed by atoms with E-state index >= 15 is 0 Å². The summed E-state index contributed by atoms with van der Waals surface area (Å²) in [6.45, 7) is 1.39. The van der Waals surface area contributed by atoms with E-state index in [1.165, 1.54) is 0 Å². The average Bonchev–Trinajstić information content (AvgIpc) is 2.61. The third-order valence-electron chi connectivity index (χ3n) is 3.71. The van der Waals surface area contributed by atoms with Crippen LogP contribution >= 0.6 is 11.6 Å². The summed E-state index contributed by atoms with van der Waals surface area (Å²) in [5.41, 5.74) is 1.28. The number of carbonyl (C=O) groups excluding carboxylic acids is 1. The molecule has 0 fully saturated rings. The quantitative estimate of drug-likeness (QED) is 0.467. The molecule has 2 aromatic carbocycles. The summed E-state index contributed by atoms with van der Waals surface area (Å²) in [5, 5.41) is 0.399. The molecular formula is C19H22ClNO5S. The molecule has 0 saturated carbocycles. The van der Waals surface area contributed by atoms with Gasteiger partial charge in [0.15, 0.2) is 0 Å². The Bertz CT molecular complexity index is 868. The van der Waals surface area contributed by atoms with Crippen LogP contribution in [-0.2, 0) is 21.4 Å². The van der Waals surface area contributed by atoms with Gasteiger partial charge in [0, 0.05) is 26.8 Å². The van der Waals surface area contributed by atoms with Crippen molar-refractivity contribution in [2.24, 2.45) is 0 Å². The monoisotopic (exact) mass is 411 g/mol. The number of nitrogens with zero attached hydrogens (tertiary/aromatic N) is 1. The maximum atomic E-state index is 12.9. The number of amides is 1. The first-order chi connectivity index (χ1) is 12.8. The molecule has 0 heterocycles. The maximum Gasteiger partial charge on any atom is 0.306 e. The van der Waals surface area contributed by atoms with E-state index < -0.39 is 10.1 Å². The minimum atomic E-state index is -3.58. The molecule has 0 aliphatic rings. The van der Waals surface area contributed by atoms with Crippen LogP contribution in [0.25, 0.3) is 0 Å². The van der Waals surface area contributed by atoms with Gasteiger partial charge in [-0.15, -0.1) is 0 Å². The molecule has 0 atom stereocenters. The molecule has 2 aromatic rings. The number of halogens is 1. The molecule has 0 aromatic heterocycles. The fourth-order valence-electron chi connectivity index (χ4n) is 2.50. The molecule has 6 nitrogen and oxygen atoms in total. The molecule has 0 unspecified atom stereocenters. The summed E-state index contributed by atoms with van der Waals surface area (Å²) in [6, 6.07) is 13.5. The molecule has 2 rings (SSSR count). The zero-order valence-electron chi connectivity index (χ0n) is 15.2. The van der Waals surface area contributed by atoms with Gasteiger partial charge in [0.2, 0.25) is 0 Å². The summed E-state index contributed by atoms with van der Waals surface area (Å²) < 4.78 is 32.3. The second-order valence-electron chi connectivity index (χ2n) is 5.98. The highest BCUT2D eigenvalue weighted by Crippen LogP contribution is 2.20. The highest BCUT2D eigenvalue weighted by molar-refractivity contribution is 7.86. The average molecular weight is 412 g/mol. The van der Waals surface area contributed by atoms with Crippen LogP contribution in [0.2, 0.25) is 5.02 Å². The van der Waals surface area contributed by atoms with E-state index in [1.807, 2.05) is 0 Å². The molecule has 0 N–H and O–H groups in total. The maximum absolute atomic E-state index is 12.9. The highest BCUT2D eigenvalue weighted by Gasteiger charge is 2.18. The van der Waals surface area contributed by atoms with Crippen molar-refractivity contribution in [1.82, 2.24) is 4.90 Å². The van der Waals surface area contributed by atoms with E-state index in [0.717, 1.165) is 11.8 Å². The molecule has 0 saturated heterocycles. The third-order valence-corrected chi connectivity index (χ3v) is 4.54. The molecule has 0 spiro atoms. The molecule has 0 aliphatic heterocycles. The van der Waals surface area contributed by atoms with Crippen molar-refractivity contribution in [2.45, 2.75) is 13.0 Å². The summed E-state index contributed by atoms with van der Waals surface area (Å²) in [5.74, 6) is 0.0535. The fourth-order valence-corrected chi connectivity index (χ4v) is 3.18. The van der Waals surface area contributed by atoms with E-state index in [4.69, 9.17) is 20.5 Å². The predicted molar refractivity (Wildman–Crippen MR) is 105 cm³/mol. The Hall–Kier alpha value is -2.09. The Balaban J connectivity index is 2.16. The fraction of sp³-hybridized carbons (Fsp3) is 0.316. The van der Waals surface area contributed by atoms with E-state index in [2.05, 4.69) is 0 Å². The molecule has 146 valence electrons. The van der Waals surface area contributed by atoms with Gasteiger partial charge in [-0.25, -0.2) is 0 Å². The first-order valence-electron chi connectivity index (χ1n) is 8.31. The van der Waals surface area contributed by atoms with Gasteiger partial charge >= 0.3 is 10.1 Å². The lowest BCUT2D eigenvalue weighted by Gasteiger charge is -2.23. The van der Waals surface area contributed by atoms with E-state index in [1.54, 1.807) is 60.5 Å². The third kappa shape index (κ3) is 6.86. The number of benzene rings is 2. The zero-order valence-corrected chi connectivity index (χ0v) is 16.8. The number of carbonyl (C=O) groups is 1. The lowest BCUT2D eigenvalue weighted by atomic mass is 10.1.